The van der Waals surface area contributed by atoms with Gasteiger partial charge < -0.3 is 23.7 Å². The highest BCUT2D eigenvalue weighted by atomic mass is 16.5. The number of ether oxygens (including phenoxy) is 5. The number of carbonyl (C=O) groups is 6. The Kier molecular flexibility index (Phi) is 45.1. The molecule has 0 rings (SSSR count). The third kappa shape index (κ3) is 41.0. The number of allylic oxidation sites excluding steroid dienone is 2. The van der Waals surface area contributed by atoms with E-state index in [-0.39, 0.29) is 67.6 Å². The number of esters is 4. The van der Waals surface area contributed by atoms with Crippen molar-refractivity contribution in [3.63, 3.8) is 0 Å². The van der Waals surface area contributed by atoms with Crippen LogP contribution in [0.3, 0.4) is 0 Å². The number of ketones is 2. The van der Waals surface area contributed by atoms with Crippen molar-refractivity contribution in [2.24, 2.45) is 17.8 Å². The van der Waals surface area contributed by atoms with Crippen molar-refractivity contribution in [1.82, 2.24) is 0 Å². The van der Waals surface area contributed by atoms with Crippen LogP contribution in [0.4, 0.5) is 0 Å². The van der Waals surface area contributed by atoms with Gasteiger partial charge in [0.25, 0.3) is 0 Å². The van der Waals surface area contributed by atoms with Gasteiger partial charge in [0.2, 0.25) is 0 Å². The van der Waals surface area contributed by atoms with E-state index in [2.05, 4.69) is 32.7 Å². The number of Topliss-reactive ketones (excluding diaryl/α,β-unsaturated/α-hetero) is 1. The average Bonchev–Trinajstić information content (AvgIpc) is 3.34. The van der Waals surface area contributed by atoms with Gasteiger partial charge in [-0.3, -0.25) is 28.8 Å². The molecule has 11 nitrogen and oxygen atoms in total. The minimum absolute atomic E-state index is 0.0208. The van der Waals surface area contributed by atoms with Crippen molar-refractivity contribution in [3.8, 4) is 0 Å². The van der Waals surface area contributed by atoms with Gasteiger partial charge in [-0.15, -0.1) is 0 Å². The molecule has 0 heterocycles. The van der Waals surface area contributed by atoms with Gasteiger partial charge in [0.15, 0.2) is 5.78 Å². The lowest BCUT2D eigenvalue weighted by atomic mass is 9.94. The molecule has 0 aliphatic heterocycles. The molecule has 0 aromatic carbocycles. The third-order valence-corrected chi connectivity index (χ3v) is 13.2. The zero-order chi connectivity index (χ0) is 51.9. The first kappa shape index (κ1) is 66.3. The molecule has 0 aromatic heterocycles. The van der Waals surface area contributed by atoms with E-state index in [0.717, 1.165) is 83.5 Å². The second-order valence-corrected chi connectivity index (χ2v) is 19.7. The average molecular weight is 987 g/mol. The zero-order valence-corrected chi connectivity index (χ0v) is 45.4. The van der Waals surface area contributed by atoms with E-state index in [4.69, 9.17) is 23.7 Å². The summed E-state index contributed by atoms with van der Waals surface area (Å²) < 4.78 is 28.3. The molecular formula is C59H102O11. The highest BCUT2D eigenvalue weighted by Crippen LogP contribution is 2.24. The molecule has 404 valence electrons. The fourth-order valence-corrected chi connectivity index (χ4v) is 8.60. The molecule has 0 amide bonds. The van der Waals surface area contributed by atoms with Crippen LogP contribution in [0.25, 0.3) is 0 Å². The van der Waals surface area contributed by atoms with Crippen LogP contribution in [0.1, 0.15) is 259 Å². The van der Waals surface area contributed by atoms with Gasteiger partial charge in [0, 0.05) is 51.4 Å². The summed E-state index contributed by atoms with van der Waals surface area (Å²) >= 11 is 0. The van der Waals surface area contributed by atoms with Gasteiger partial charge in [0.1, 0.15) is 17.6 Å². The summed E-state index contributed by atoms with van der Waals surface area (Å²) in [7, 11) is 0. The molecule has 0 N–H and O–H groups in total. The second-order valence-electron chi connectivity index (χ2n) is 19.7. The number of hydrogen-bond acceptors (Lipinski definition) is 11. The molecular weight excluding hydrogens is 885 g/mol. The van der Waals surface area contributed by atoms with Gasteiger partial charge >= 0.3 is 23.9 Å². The van der Waals surface area contributed by atoms with Crippen LogP contribution >= 0.6 is 0 Å². The molecule has 11 heteroatoms. The van der Waals surface area contributed by atoms with E-state index in [9.17, 15) is 28.8 Å². The monoisotopic (exact) mass is 987 g/mol. The molecule has 0 bridgehead atoms. The Morgan fingerprint density at radius 2 is 0.829 bits per heavy atom. The number of carbonyl (C=O) groups excluding carboxylic acids is 6. The Bertz CT molecular complexity index is 1430. The van der Waals surface area contributed by atoms with E-state index in [1.165, 1.54) is 83.1 Å². The van der Waals surface area contributed by atoms with E-state index >= 15 is 0 Å². The molecule has 0 aliphatic rings. The molecule has 0 fully saturated rings. The molecule has 70 heavy (non-hydrogen) atoms. The topological polar surface area (TPSA) is 149 Å². The first-order chi connectivity index (χ1) is 33.9. The normalized spacial score (nSPS) is 12.8. The van der Waals surface area contributed by atoms with Crippen LogP contribution in [0.15, 0.2) is 30.7 Å². The fourth-order valence-electron chi connectivity index (χ4n) is 8.60. The number of hydrogen-bond donors (Lipinski definition) is 0. The summed E-state index contributed by atoms with van der Waals surface area (Å²) in [5.74, 6) is -1.67. The molecule has 2 unspecified atom stereocenters. The SMILES string of the molecule is C=C=C(CC(CC(=O)C=C)CC(=O)OCCCCCCCC)OCCCCCCCCCCCCCCCOC(=O)CC(CC(=O)OCCCCCCCC)CC(=O)O[C@@H](CC)[C@@H](C)CCC(=O)CC. The molecule has 0 aromatic rings. The van der Waals surface area contributed by atoms with Crippen molar-refractivity contribution in [2.75, 3.05) is 26.4 Å². The van der Waals surface area contributed by atoms with E-state index in [1.54, 1.807) is 0 Å². The largest absolute Gasteiger partial charge is 0.490 e. The summed E-state index contributed by atoms with van der Waals surface area (Å²) in [6.45, 7) is 19.2. The molecule has 0 aliphatic carbocycles. The maximum absolute atomic E-state index is 13.1. The summed E-state index contributed by atoms with van der Waals surface area (Å²) in [5, 5.41) is 0. The van der Waals surface area contributed by atoms with Crippen molar-refractivity contribution in [3.05, 3.63) is 30.7 Å². The first-order valence-electron chi connectivity index (χ1n) is 28.3. The predicted octanol–water partition coefficient (Wildman–Crippen LogP) is 15.1. The van der Waals surface area contributed by atoms with Crippen LogP contribution in [0, 0.1) is 17.8 Å². The minimum atomic E-state index is -0.572. The molecule has 0 saturated carbocycles. The third-order valence-electron chi connectivity index (χ3n) is 13.2. The predicted molar refractivity (Wildman–Crippen MR) is 282 cm³/mol. The quantitative estimate of drug-likeness (QED) is 0.0143. The lowest BCUT2D eigenvalue weighted by molar-refractivity contribution is -0.155. The van der Waals surface area contributed by atoms with Crippen molar-refractivity contribution >= 4 is 35.4 Å². The Labute approximate surface area is 426 Å². The van der Waals surface area contributed by atoms with E-state index in [1.807, 2.05) is 20.8 Å². The summed E-state index contributed by atoms with van der Waals surface area (Å²) in [6, 6.07) is 0. The molecule has 0 radical (unpaired) electrons. The van der Waals surface area contributed by atoms with E-state index in [0.29, 0.717) is 64.3 Å². The number of rotatable bonds is 51. The Morgan fingerprint density at radius 3 is 1.19 bits per heavy atom. The van der Waals surface area contributed by atoms with Crippen LogP contribution in [-0.2, 0) is 52.5 Å². The maximum atomic E-state index is 13.1. The smallest absolute Gasteiger partial charge is 0.306 e. The summed E-state index contributed by atoms with van der Waals surface area (Å²) in [5.41, 5.74) is 2.88. The minimum Gasteiger partial charge on any atom is -0.490 e. The van der Waals surface area contributed by atoms with Crippen LogP contribution in [-0.4, -0.2) is 68.0 Å². The Morgan fingerprint density at radius 1 is 0.471 bits per heavy atom. The highest BCUT2D eigenvalue weighted by molar-refractivity contribution is 5.89. The van der Waals surface area contributed by atoms with Crippen molar-refractivity contribution in [1.29, 1.82) is 0 Å². The lowest BCUT2D eigenvalue weighted by Gasteiger charge is -2.24. The summed E-state index contributed by atoms with van der Waals surface area (Å²) in [6.07, 6.45) is 31.5. The fraction of sp³-hybridized carbons (Fsp3) is 0.814. The molecule has 4 atom stereocenters. The molecule has 0 saturated heterocycles. The summed E-state index contributed by atoms with van der Waals surface area (Å²) in [4.78, 5) is 75.4. The van der Waals surface area contributed by atoms with Gasteiger partial charge in [-0.25, -0.2) is 0 Å². The van der Waals surface area contributed by atoms with Gasteiger partial charge in [-0.05, 0) is 62.4 Å². The molecule has 0 spiro atoms. The highest BCUT2D eigenvalue weighted by Gasteiger charge is 2.27. The standard InChI is InChI=1S/C59H102O11/c1-8-14-16-18-29-34-40-67-56(62)45-50(43-53(61)11-4)44-54(12-5)66-39-33-31-27-25-23-21-20-22-24-26-28-32-36-42-69-58(64)47-51(46-57(63)68-41-35-30-19-17-15-9-2)48-59(65)70-55(13-6)49(7)37-38-52(60)10-3/h11,49-51,55H,4-5,8-10,13-48H2,1-3,6-7H3/t49-,50?,51?,55-/m0/s1. The van der Waals surface area contributed by atoms with Gasteiger partial charge in [-0.2, -0.15) is 0 Å². The maximum Gasteiger partial charge on any atom is 0.306 e. The van der Waals surface area contributed by atoms with Gasteiger partial charge in [0.05, 0.1) is 26.4 Å². The Balaban J connectivity index is 4.39. The first-order valence-corrected chi connectivity index (χ1v) is 28.3. The number of unbranched alkanes of at least 4 members (excludes halogenated alkanes) is 22. The van der Waals surface area contributed by atoms with Crippen molar-refractivity contribution < 1.29 is 52.5 Å². The van der Waals surface area contributed by atoms with Crippen molar-refractivity contribution in [2.45, 2.75) is 265 Å². The zero-order valence-electron chi connectivity index (χ0n) is 45.4. The van der Waals surface area contributed by atoms with Crippen LogP contribution in [0.5, 0.6) is 0 Å². The Hall–Kier alpha value is -3.72. The second kappa shape index (κ2) is 47.6. The van der Waals surface area contributed by atoms with E-state index < -0.39 is 23.8 Å². The van der Waals surface area contributed by atoms with Crippen LogP contribution in [0.2, 0.25) is 0 Å². The lowest BCUT2D eigenvalue weighted by Crippen LogP contribution is -2.27. The van der Waals surface area contributed by atoms with Gasteiger partial charge in [-0.1, -0.05) is 188 Å². The van der Waals surface area contributed by atoms with Crippen LogP contribution < -0.4 is 0 Å².